The van der Waals surface area contributed by atoms with Crippen LogP contribution in [-0.2, 0) is 16.0 Å². The van der Waals surface area contributed by atoms with Gasteiger partial charge in [-0.3, -0.25) is 14.5 Å². The molecule has 164 valence electrons. The van der Waals surface area contributed by atoms with Gasteiger partial charge in [-0.15, -0.1) is 11.8 Å². The van der Waals surface area contributed by atoms with Crippen LogP contribution in [0.2, 0.25) is 0 Å². The summed E-state index contributed by atoms with van der Waals surface area (Å²) in [5.74, 6) is -0.519. The van der Waals surface area contributed by atoms with E-state index in [1.165, 1.54) is 22.7 Å². The molecule has 0 unspecified atom stereocenters. The highest BCUT2D eigenvalue weighted by Crippen LogP contribution is 2.39. The third kappa shape index (κ3) is 3.62. The molecule has 1 aromatic heterocycles. The van der Waals surface area contributed by atoms with Crippen LogP contribution >= 0.6 is 11.8 Å². The van der Waals surface area contributed by atoms with Crippen molar-refractivity contribution in [2.45, 2.75) is 17.8 Å². The molecule has 3 aromatic rings. The fraction of sp³-hybridized carbons (Fsp3) is 0.261. The summed E-state index contributed by atoms with van der Waals surface area (Å²) in [5.41, 5.74) is 2.30. The van der Waals surface area contributed by atoms with Gasteiger partial charge in [-0.05, 0) is 17.7 Å². The van der Waals surface area contributed by atoms with Crippen molar-refractivity contribution in [3.8, 4) is 0 Å². The fourth-order valence-electron chi connectivity index (χ4n) is 4.27. The van der Waals surface area contributed by atoms with E-state index in [1.54, 1.807) is 18.2 Å². The third-order valence-electron chi connectivity index (χ3n) is 5.88. The van der Waals surface area contributed by atoms with Crippen LogP contribution in [-0.4, -0.2) is 57.5 Å². The number of nitrogens with one attached hydrogen (secondary N) is 2. The van der Waals surface area contributed by atoms with Crippen molar-refractivity contribution in [1.29, 1.82) is 0 Å². The van der Waals surface area contributed by atoms with Gasteiger partial charge in [-0.2, -0.15) is 0 Å². The number of halogens is 1. The molecule has 2 saturated heterocycles. The summed E-state index contributed by atoms with van der Waals surface area (Å²) >= 11 is 1.47. The first-order valence-corrected chi connectivity index (χ1v) is 11.4. The number of rotatable bonds is 5. The van der Waals surface area contributed by atoms with Gasteiger partial charge in [0.05, 0.1) is 0 Å². The lowest BCUT2D eigenvalue weighted by Gasteiger charge is -2.26. The van der Waals surface area contributed by atoms with E-state index in [2.05, 4.69) is 10.3 Å². The van der Waals surface area contributed by atoms with Gasteiger partial charge < -0.3 is 15.2 Å². The lowest BCUT2D eigenvalue weighted by atomic mass is 10.1. The quantitative estimate of drug-likeness (QED) is 0.583. The Labute approximate surface area is 187 Å². The van der Waals surface area contributed by atoms with E-state index in [9.17, 15) is 18.8 Å². The number of para-hydroxylation sites is 1. The van der Waals surface area contributed by atoms with Crippen molar-refractivity contribution in [2.75, 3.05) is 18.8 Å². The van der Waals surface area contributed by atoms with E-state index in [0.717, 1.165) is 21.4 Å². The molecule has 0 saturated carbocycles. The highest BCUT2D eigenvalue weighted by atomic mass is 32.2. The van der Waals surface area contributed by atoms with E-state index in [0.29, 0.717) is 24.3 Å². The topological polar surface area (TPSA) is 85.5 Å². The first-order valence-electron chi connectivity index (χ1n) is 10.4. The number of aromatic amines is 1. The molecule has 5 rings (SSSR count). The van der Waals surface area contributed by atoms with Crippen LogP contribution < -0.4 is 5.32 Å². The molecule has 4 amide bonds. The third-order valence-corrected chi connectivity index (χ3v) is 7.12. The van der Waals surface area contributed by atoms with Gasteiger partial charge in [0.25, 0.3) is 5.91 Å². The lowest BCUT2D eigenvalue weighted by Crippen LogP contribution is -2.43. The molecule has 2 N–H and O–H groups in total. The van der Waals surface area contributed by atoms with Crippen LogP contribution in [0.5, 0.6) is 0 Å². The predicted octanol–water partition coefficient (Wildman–Crippen LogP) is 3.04. The van der Waals surface area contributed by atoms with Gasteiger partial charge in [-0.1, -0.05) is 36.4 Å². The number of imide groups is 1. The van der Waals surface area contributed by atoms with Gasteiger partial charge in [0.2, 0.25) is 5.91 Å². The summed E-state index contributed by atoms with van der Waals surface area (Å²) in [6.07, 6.45) is 2.16. The van der Waals surface area contributed by atoms with Crippen LogP contribution in [0, 0.1) is 5.82 Å². The highest BCUT2D eigenvalue weighted by Gasteiger charge is 2.41. The Bertz CT molecular complexity index is 1210. The zero-order chi connectivity index (χ0) is 22.2. The standard InChI is InChI=1S/C23H21FN4O3S/c24-17-7-3-1-6-16(17)22-27(9-10-32-22)20(29)13-28-21(30)19(26-23(28)31)11-14-12-25-18-8-4-2-5-15(14)18/h1-8,12,19,22,25H,9-11,13H2,(H,26,31)/t19-,22-/m0/s1. The SMILES string of the molecule is O=C1N[C@@H](Cc2c[nH]c3ccccc23)C(=O)N1CC(=O)N1CCS[C@H]1c1ccccc1F. The second kappa shape index (κ2) is 8.31. The summed E-state index contributed by atoms with van der Waals surface area (Å²) in [6.45, 7) is 0.0749. The molecule has 2 aliphatic rings. The first kappa shape index (κ1) is 20.6. The van der Waals surface area contributed by atoms with Gasteiger partial charge >= 0.3 is 6.03 Å². The average molecular weight is 453 g/mol. The maximum Gasteiger partial charge on any atom is 0.325 e. The second-order valence-electron chi connectivity index (χ2n) is 7.82. The Balaban J connectivity index is 1.29. The second-order valence-corrected chi connectivity index (χ2v) is 9.01. The number of carbonyl (C=O) groups excluding carboxylic acids is 3. The highest BCUT2D eigenvalue weighted by molar-refractivity contribution is 7.99. The van der Waals surface area contributed by atoms with E-state index < -0.39 is 23.4 Å². The van der Waals surface area contributed by atoms with Crippen molar-refractivity contribution in [2.24, 2.45) is 0 Å². The smallest absolute Gasteiger partial charge is 0.325 e. The Morgan fingerprint density at radius 2 is 1.91 bits per heavy atom. The Kier molecular flexibility index (Phi) is 5.34. The van der Waals surface area contributed by atoms with Gasteiger partial charge in [0.15, 0.2) is 0 Å². The summed E-state index contributed by atoms with van der Waals surface area (Å²) < 4.78 is 14.3. The molecule has 0 radical (unpaired) electrons. The molecule has 2 aliphatic heterocycles. The molecular weight excluding hydrogens is 431 g/mol. The Hall–Kier alpha value is -3.33. The van der Waals surface area contributed by atoms with Crippen LogP contribution in [0.1, 0.15) is 16.5 Å². The van der Waals surface area contributed by atoms with Crippen molar-refractivity contribution >= 4 is 40.5 Å². The van der Waals surface area contributed by atoms with E-state index in [-0.39, 0.29) is 18.3 Å². The predicted molar refractivity (Wildman–Crippen MR) is 119 cm³/mol. The largest absolute Gasteiger partial charge is 0.361 e. The van der Waals surface area contributed by atoms with Crippen LogP contribution in [0.15, 0.2) is 54.7 Å². The lowest BCUT2D eigenvalue weighted by molar-refractivity contribution is -0.137. The fourth-order valence-corrected chi connectivity index (χ4v) is 5.57. The van der Waals surface area contributed by atoms with Crippen LogP contribution in [0.4, 0.5) is 9.18 Å². The van der Waals surface area contributed by atoms with Crippen LogP contribution in [0.25, 0.3) is 10.9 Å². The number of H-pyrrole nitrogens is 1. The molecule has 9 heteroatoms. The van der Waals surface area contributed by atoms with Crippen molar-refractivity contribution < 1.29 is 18.8 Å². The normalized spacial score (nSPS) is 20.9. The number of urea groups is 1. The molecule has 0 bridgehead atoms. The van der Waals surface area contributed by atoms with Crippen molar-refractivity contribution in [1.82, 2.24) is 20.1 Å². The number of fused-ring (bicyclic) bond motifs is 1. The van der Waals surface area contributed by atoms with Gasteiger partial charge in [-0.25, -0.2) is 9.18 Å². The average Bonchev–Trinajstić information content (AvgIpc) is 3.50. The van der Waals surface area contributed by atoms with Crippen molar-refractivity contribution in [3.63, 3.8) is 0 Å². The number of aromatic nitrogens is 1. The minimum Gasteiger partial charge on any atom is -0.361 e. The molecule has 32 heavy (non-hydrogen) atoms. The molecule has 2 atom stereocenters. The number of hydrogen-bond donors (Lipinski definition) is 2. The summed E-state index contributed by atoms with van der Waals surface area (Å²) in [7, 11) is 0. The molecule has 0 spiro atoms. The molecule has 3 heterocycles. The summed E-state index contributed by atoms with van der Waals surface area (Å²) in [6, 6.07) is 12.8. The van der Waals surface area contributed by atoms with E-state index >= 15 is 0 Å². The maximum atomic E-state index is 14.3. The molecular formula is C23H21FN4O3S. The Morgan fingerprint density at radius 3 is 2.75 bits per heavy atom. The summed E-state index contributed by atoms with van der Waals surface area (Å²) in [4.78, 5) is 44.1. The zero-order valence-corrected chi connectivity index (χ0v) is 17.9. The minimum absolute atomic E-state index is 0.330. The van der Waals surface area contributed by atoms with E-state index in [1.807, 2.05) is 30.5 Å². The number of nitrogens with zero attached hydrogens (tertiary/aromatic N) is 2. The Morgan fingerprint density at radius 1 is 1.12 bits per heavy atom. The number of benzene rings is 2. The number of hydrogen-bond acceptors (Lipinski definition) is 4. The monoisotopic (exact) mass is 452 g/mol. The number of amides is 4. The molecule has 7 nitrogen and oxygen atoms in total. The van der Waals surface area contributed by atoms with Gasteiger partial charge in [0, 0.05) is 41.4 Å². The molecule has 0 aliphatic carbocycles. The maximum absolute atomic E-state index is 14.3. The molecule has 2 aromatic carbocycles. The molecule has 2 fully saturated rings. The number of thioether (sulfide) groups is 1. The summed E-state index contributed by atoms with van der Waals surface area (Å²) in [5, 5.41) is 3.22. The minimum atomic E-state index is -0.732. The number of carbonyl (C=O) groups is 3. The zero-order valence-electron chi connectivity index (χ0n) is 17.1. The van der Waals surface area contributed by atoms with E-state index in [4.69, 9.17) is 0 Å². The van der Waals surface area contributed by atoms with Gasteiger partial charge in [0.1, 0.15) is 23.8 Å². The first-order chi connectivity index (χ1) is 15.5. The van der Waals surface area contributed by atoms with Crippen LogP contribution in [0.3, 0.4) is 0 Å². The van der Waals surface area contributed by atoms with Crippen molar-refractivity contribution in [3.05, 3.63) is 71.7 Å².